The van der Waals surface area contributed by atoms with Gasteiger partial charge in [0.25, 0.3) is 0 Å². The zero-order valence-electron chi connectivity index (χ0n) is 12.6. The molecule has 0 aliphatic carbocycles. The summed E-state index contributed by atoms with van der Waals surface area (Å²) in [6, 6.07) is 0.609. The third kappa shape index (κ3) is 2.29. The molecule has 0 aromatic carbocycles. The second-order valence-electron chi connectivity index (χ2n) is 7.29. The first-order valence-electron chi connectivity index (χ1n) is 7.32. The number of piperidine rings is 1. The van der Waals surface area contributed by atoms with E-state index in [9.17, 15) is 4.79 Å². The molecule has 18 heavy (non-hydrogen) atoms. The van der Waals surface area contributed by atoms with Crippen molar-refractivity contribution in [2.45, 2.75) is 65.5 Å². The fraction of sp³-hybridized carbons (Fsp3) is 0.933. The van der Waals surface area contributed by atoms with Gasteiger partial charge in [0, 0.05) is 18.1 Å². The van der Waals surface area contributed by atoms with Crippen molar-refractivity contribution in [3.63, 3.8) is 0 Å². The molecule has 2 fully saturated rings. The lowest BCUT2D eigenvalue weighted by Crippen LogP contribution is -2.50. The van der Waals surface area contributed by atoms with Crippen LogP contribution >= 0.6 is 0 Å². The molecule has 0 unspecified atom stereocenters. The van der Waals surface area contributed by atoms with E-state index >= 15 is 0 Å². The molecule has 0 atom stereocenters. The molecule has 2 aliphatic rings. The van der Waals surface area contributed by atoms with Gasteiger partial charge in [-0.2, -0.15) is 0 Å². The number of carbonyl (C=O) groups is 1. The molecule has 3 nitrogen and oxygen atoms in total. The van der Waals surface area contributed by atoms with E-state index in [1.165, 1.54) is 0 Å². The van der Waals surface area contributed by atoms with Crippen molar-refractivity contribution in [3.05, 3.63) is 0 Å². The summed E-state index contributed by atoms with van der Waals surface area (Å²) in [5.41, 5.74) is -0.0472. The Morgan fingerprint density at radius 1 is 1.06 bits per heavy atom. The summed E-state index contributed by atoms with van der Waals surface area (Å²) < 4.78 is 0. The number of amides is 1. The highest BCUT2D eigenvalue weighted by atomic mass is 16.2. The van der Waals surface area contributed by atoms with Gasteiger partial charge in [0.2, 0.25) is 5.91 Å². The lowest BCUT2D eigenvalue weighted by molar-refractivity contribution is -0.142. The maximum Gasteiger partial charge on any atom is 0.229 e. The fourth-order valence-electron chi connectivity index (χ4n) is 3.39. The Morgan fingerprint density at radius 2 is 1.56 bits per heavy atom. The predicted octanol–water partition coefficient (Wildman–Crippen LogP) is 2.51. The van der Waals surface area contributed by atoms with Crippen LogP contribution in [0.5, 0.6) is 0 Å². The maximum atomic E-state index is 12.7. The van der Waals surface area contributed by atoms with Crippen molar-refractivity contribution in [1.82, 2.24) is 9.80 Å². The molecule has 0 N–H and O–H groups in total. The summed E-state index contributed by atoms with van der Waals surface area (Å²) in [6.45, 7) is 14.0. The van der Waals surface area contributed by atoms with Crippen LogP contribution in [0.15, 0.2) is 0 Å². The Kier molecular flexibility index (Phi) is 3.48. The van der Waals surface area contributed by atoms with Gasteiger partial charge in [-0.1, -0.05) is 0 Å². The second kappa shape index (κ2) is 4.52. The number of likely N-dealkylation sites (tertiary alicyclic amines) is 2. The maximum absolute atomic E-state index is 12.7. The average Bonchev–Trinajstić information content (AvgIpc) is 2.57. The molecule has 1 amide bonds. The molecular formula is C15H28N2O. The largest absolute Gasteiger partial charge is 0.337 e. The van der Waals surface area contributed by atoms with E-state index in [1.54, 1.807) is 0 Å². The average molecular weight is 252 g/mol. The van der Waals surface area contributed by atoms with Gasteiger partial charge in [-0.25, -0.2) is 0 Å². The molecular weight excluding hydrogens is 224 g/mol. The molecule has 0 bridgehead atoms. The van der Waals surface area contributed by atoms with Crippen molar-refractivity contribution in [1.29, 1.82) is 0 Å². The molecule has 0 aromatic rings. The van der Waals surface area contributed by atoms with Crippen LogP contribution in [0.4, 0.5) is 0 Å². The zero-order chi connectivity index (χ0) is 13.6. The van der Waals surface area contributed by atoms with Crippen molar-refractivity contribution in [3.8, 4) is 0 Å². The Morgan fingerprint density at radius 3 is 1.94 bits per heavy atom. The summed E-state index contributed by atoms with van der Waals surface area (Å²) in [7, 11) is 0. The van der Waals surface area contributed by atoms with Crippen LogP contribution in [0.2, 0.25) is 0 Å². The predicted molar refractivity (Wildman–Crippen MR) is 74.5 cm³/mol. The zero-order valence-corrected chi connectivity index (χ0v) is 12.6. The molecule has 2 aliphatic heterocycles. The van der Waals surface area contributed by atoms with Gasteiger partial charge >= 0.3 is 0 Å². The van der Waals surface area contributed by atoms with E-state index in [1.807, 2.05) is 0 Å². The second-order valence-corrected chi connectivity index (χ2v) is 7.29. The number of hydrogen-bond acceptors (Lipinski definition) is 2. The van der Waals surface area contributed by atoms with E-state index < -0.39 is 0 Å². The van der Waals surface area contributed by atoms with E-state index in [-0.39, 0.29) is 11.0 Å². The number of nitrogens with zero attached hydrogens (tertiary/aromatic N) is 2. The van der Waals surface area contributed by atoms with Gasteiger partial charge in [0.15, 0.2) is 0 Å². The van der Waals surface area contributed by atoms with E-state index in [0.717, 1.165) is 38.9 Å². The minimum Gasteiger partial charge on any atom is -0.337 e. The van der Waals surface area contributed by atoms with Crippen LogP contribution in [0.3, 0.4) is 0 Å². The Balaban J connectivity index is 2.06. The van der Waals surface area contributed by atoms with Crippen molar-refractivity contribution in [2.75, 3.05) is 19.6 Å². The van der Waals surface area contributed by atoms with Gasteiger partial charge in [-0.3, -0.25) is 4.79 Å². The monoisotopic (exact) mass is 252 g/mol. The van der Waals surface area contributed by atoms with Gasteiger partial charge in [0.1, 0.15) is 0 Å². The first-order valence-corrected chi connectivity index (χ1v) is 7.32. The molecule has 0 saturated carbocycles. The summed E-state index contributed by atoms with van der Waals surface area (Å²) in [6.07, 6.45) is 3.17. The quantitative estimate of drug-likeness (QED) is 0.716. The van der Waals surface area contributed by atoms with Gasteiger partial charge < -0.3 is 9.80 Å². The summed E-state index contributed by atoms with van der Waals surface area (Å²) in [5, 5.41) is 0. The highest BCUT2D eigenvalue weighted by Gasteiger charge is 2.50. The summed E-state index contributed by atoms with van der Waals surface area (Å²) in [4.78, 5) is 17.3. The Labute approximate surface area is 112 Å². The smallest absolute Gasteiger partial charge is 0.229 e. The first-order chi connectivity index (χ1) is 8.26. The normalized spacial score (nSPS) is 25.4. The fourth-order valence-corrected chi connectivity index (χ4v) is 3.39. The van der Waals surface area contributed by atoms with Gasteiger partial charge in [0.05, 0.1) is 5.41 Å². The molecule has 2 rings (SSSR count). The Bertz CT molecular complexity index is 322. The van der Waals surface area contributed by atoms with Crippen molar-refractivity contribution in [2.24, 2.45) is 5.41 Å². The number of carbonyl (C=O) groups excluding carboxylic acids is 1. The number of rotatable bonds is 1. The third-order valence-electron chi connectivity index (χ3n) is 4.81. The van der Waals surface area contributed by atoms with E-state index in [4.69, 9.17) is 0 Å². The van der Waals surface area contributed by atoms with E-state index in [0.29, 0.717) is 11.9 Å². The third-order valence-corrected chi connectivity index (χ3v) is 4.81. The van der Waals surface area contributed by atoms with Crippen molar-refractivity contribution < 1.29 is 4.79 Å². The molecule has 104 valence electrons. The highest BCUT2D eigenvalue weighted by Crippen LogP contribution is 2.43. The molecule has 2 heterocycles. The molecule has 3 heteroatoms. The molecule has 2 saturated heterocycles. The van der Waals surface area contributed by atoms with Crippen LogP contribution in [0.1, 0.15) is 53.9 Å². The lowest BCUT2D eigenvalue weighted by Gasteiger charge is -2.41. The van der Waals surface area contributed by atoms with Gasteiger partial charge in [-0.05, 0) is 67.0 Å². The van der Waals surface area contributed by atoms with Crippen LogP contribution < -0.4 is 0 Å². The summed E-state index contributed by atoms with van der Waals surface area (Å²) >= 11 is 0. The van der Waals surface area contributed by atoms with Crippen LogP contribution in [-0.2, 0) is 4.79 Å². The van der Waals surface area contributed by atoms with Crippen LogP contribution in [0, 0.1) is 5.41 Å². The standard InChI is InChI=1S/C15H28N2O/c1-12(2)16-9-6-15(7-10-16)8-11-17(13(15)18)14(3,4)5/h12H,6-11H2,1-5H3. The van der Waals surface area contributed by atoms with Crippen molar-refractivity contribution >= 4 is 5.91 Å². The summed E-state index contributed by atoms with van der Waals surface area (Å²) in [5.74, 6) is 0.415. The lowest BCUT2D eigenvalue weighted by atomic mass is 9.76. The topological polar surface area (TPSA) is 23.6 Å². The minimum absolute atomic E-state index is 0.0181. The first kappa shape index (κ1) is 13.9. The number of hydrogen-bond donors (Lipinski definition) is 0. The molecule has 0 aromatic heterocycles. The minimum atomic E-state index is -0.0291. The molecule has 1 spiro atoms. The molecule has 0 radical (unpaired) electrons. The van der Waals surface area contributed by atoms with Crippen LogP contribution in [0.25, 0.3) is 0 Å². The highest BCUT2D eigenvalue weighted by molar-refractivity contribution is 5.85. The van der Waals surface area contributed by atoms with E-state index in [2.05, 4.69) is 44.4 Å². The SMILES string of the molecule is CC(C)N1CCC2(CC1)CCN(C(C)(C)C)C2=O. The Hall–Kier alpha value is -0.570. The van der Waals surface area contributed by atoms with Crippen LogP contribution in [-0.4, -0.2) is 46.9 Å². The van der Waals surface area contributed by atoms with Gasteiger partial charge in [-0.15, -0.1) is 0 Å².